The Morgan fingerprint density at radius 3 is 2.65 bits per heavy atom. The van der Waals surface area contributed by atoms with Gasteiger partial charge in [0.25, 0.3) is 5.91 Å². The van der Waals surface area contributed by atoms with Crippen molar-refractivity contribution in [1.82, 2.24) is 9.88 Å². The lowest BCUT2D eigenvalue weighted by Gasteiger charge is -2.19. The van der Waals surface area contributed by atoms with Crippen LogP contribution in [0, 0.1) is 0 Å². The second-order valence-electron chi connectivity index (χ2n) is 4.59. The van der Waals surface area contributed by atoms with Gasteiger partial charge in [-0.2, -0.15) is 0 Å². The predicted molar refractivity (Wildman–Crippen MR) is 83.4 cm³/mol. The lowest BCUT2D eigenvalue weighted by molar-refractivity contribution is 0.0760. The van der Waals surface area contributed by atoms with Crippen molar-refractivity contribution in [3.05, 3.63) is 4.88 Å². The Hall–Kier alpha value is -1.34. The van der Waals surface area contributed by atoms with Gasteiger partial charge in [0, 0.05) is 33.3 Å². The maximum atomic E-state index is 12.4. The van der Waals surface area contributed by atoms with Crippen LogP contribution in [0.15, 0.2) is 0 Å². The first-order valence-corrected chi connectivity index (χ1v) is 7.74. The van der Waals surface area contributed by atoms with E-state index in [1.807, 2.05) is 18.9 Å². The molecule has 0 saturated heterocycles. The number of rotatable bonds is 8. The van der Waals surface area contributed by atoms with Crippen LogP contribution in [0.3, 0.4) is 0 Å². The third kappa shape index (κ3) is 4.08. The monoisotopic (exact) mass is 300 g/mol. The number of hydrogen-bond donors (Lipinski definition) is 2. The summed E-state index contributed by atoms with van der Waals surface area (Å²) in [6.45, 7) is 6.08. The molecule has 20 heavy (non-hydrogen) atoms. The number of aliphatic hydroxyl groups is 1. The molecule has 0 saturated carbocycles. The quantitative estimate of drug-likeness (QED) is 0.758. The van der Waals surface area contributed by atoms with Crippen LogP contribution in [0.2, 0.25) is 0 Å². The molecule has 0 aromatic carbocycles. The maximum Gasteiger partial charge on any atom is 0.267 e. The van der Waals surface area contributed by atoms with Gasteiger partial charge in [-0.05, 0) is 19.8 Å². The molecule has 0 bridgehead atoms. The summed E-state index contributed by atoms with van der Waals surface area (Å²) in [5, 5.41) is 9.64. The van der Waals surface area contributed by atoms with Crippen LogP contribution in [0.25, 0.3) is 0 Å². The van der Waals surface area contributed by atoms with Gasteiger partial charge in [0.05, 0.1) is 0 Å². The van der Waals surface area contributed by atoms with Gasteiger partial charge in [-0.3, -0.25) is 4.79 Å². The Balaban J connectivity index is 2.86. The zero-order valence-electron chi connectivity index (χ0n) is 12.4. The number of aromatic nitrogens is 1. The first-order valence-electron chi connectivity index (χ1n) is 6.92. The first-order chi connectivity index (χ1) is 9.54. The summed E-state index contributed by atoms with van der Waals surface area (Å²) in [6, 6.07) is 0. The highest BCUT2D eigenvalue weighted by atomic mass is 32.1. The van der Waals surface area contributed by atoms with Gasteiger partial charge >= 0.3 is 0 Å². The molecule has 0 unspecified atom stereocenters. The highest BCUT2D eigenvalue weighted by Crippen LogP contribution is 2.28. The summed E-state index contributed by atoms with van der Waals surface area (Å²) in [5.74, 6) is 0.188. The van der Waals surface area contributed by atoms with E-state index >= 15 is 0 Å². The average molecular weight is 300 g/mol. The van der Waals surface area contributed by atoms with Crippen LogP contribution >= 0.6 is 11.3 Å². The predicted octanol–water partition coefficient (Wildman–Crippen LogP) is 1.42. The highest BCUT2D eigenvalue weighted by Gasteiger charge is 2.22. The normalized spacial score (nSPS) is 10.6. The lowest BCUT2D eigenvalue weighted by atomic mass is 10.3. The third-order valence-corrected chi connectivity index (χ3v) is 4.15. The van der Waals surface area contributed by atoms with Gasteiger partial charge < -0.3 is 20.6 Å². The largest absolute Gasteiger partial charge is 0.396 e. The summed E-state index contributed by atoms with van der Waals surface area (Å²) in [4.78, 5) is 20.9. The summed E-state index contributed by atoms with van der Waals surface area (Å²) in [7, 11) is 1.94. The van der Waals surface area contributed by atoms with Crippen LogP contribution in [-0.4, -0.2) is 54.2 Å². The molecule has 1 heterocycles. The van der Waals surface area contributed by atoms with Crippen molar-refractivity contribution in [3.8, 4) is 0 Å². The number of hydrogen-bond acceptors (Lipinski definition) is 6. The summed E-state index contributed by atoms with van der Waals surface area (Å²) < 4.78 is 0. The molecule has 1 aromatic rings. The number of nitrogen functional groups attached to an aromatic ring is 1. The van der Waals surface area contributed by atoms with E-state index in [4.69, 9.17) is 10.8 Å². The van der Waals surface area contributed by atoms with E-state index < -0.39 is 0 Å². The fourth-order valence-electron chi connectivity index (χ4n) is 1.88. The van der Waals surface area contributed by atoms with Gasteiger partial charge in [-0.25, -0.2) is 4.98 Å². The Morgan fingerprint density at radius 2 is 2.10 bits per heavy atom. The van der Waals surface area contributed by atoms with E-state index in [0.717, 1.165) is 18.1 Å². The van der Waals surface area contributed by atoms with E-state index in [1.54, 1.807) is 4.90 Å². The number of carbonyl (C=O) groups is 1. The molecule has 6 nitrogen and oxygen atoms in total. The van der Waals surface area contributed by atoms with Crippen LogP contribution in [0.1, 0.15) is 36.4 Å². The minimum Gasteiger partial charge on any atom is -0.396 e. The zero-order valence-corrected chi connectivity index (χ0v) is 13.2. The van der Waals surface area contributed by atoms with Gasteiger partial charge in [0.15, 0.2) is 5.13 Å². The number of nitrogens with zero attached hydrogens (tertiary/aromatic N) is 3. The van der Waals surface area contributed by atoms with Crippen molar-refractivity contribution in [1.29, 1.82) is 0 Å². The molecule has 7 heteroatoms. The Bertz CT molecular complexity index is 436. The van der Waals surface area contributed by atoms with E-state index in [2.05, 4.69) is 11.9 Å². The smallest absolute Gasteiger partial charge is 0.267 e. The van der Waals surface area contributed by atoms with Gasteiger partial charge in [0.1, 0.15) is 10.7 Å². The summed E-state index contributed by atoms with van der Waals surface area (Å²) >= 11 is 1.33. The summed E-state index contributed by atoms with van der Waals surface area (Å²) in [5.41, 5.74) is 5.87. The SMILES string of the molecule is CCCN(C)c1nc(N)c(C(=O)N(CC)CCCO)s1. The minimum absolute atomic E-state index is 0.0758. The molecule has 0 fully saturated rings. The molecule has 1 amide bonds. The molecule has 1 aromatic heterocycles. The van der Waals surface area contributed by atoms with Crippen molar-refractivity contribution >= 4 is 28.2 Å². The van der Waals surface area contributed by atoms with Crippen molar-refractivity contribution in [2.75, 3.05) is 43.9 Å². The van der Waals surface area contributed by atoms with E-state index in [1.165, 1.54) is 11.3 Å². The average Bonchev–Trinajstić information content (AvgIpc) is 2.82. The molecular weight excluding hydrogens is 276 g/mol. The van der Waals surface area contributed by atoms with Crippen LogP contribution in [0.5, 0.6) is 0 Å². The zero-order chi connectivity index (χ0) is 15.1. The van der Waals surface area contributed by atoms with E-state index in [-0.39, 0.29) is 12.5 Å². The first kappa shape index (κ1) is 16.7. The van der Waals surface area contributed by atoms with Crippen molar-refractivity contribution < 1.29 is 9.90 Å². The topological polar surface area (TPSA) is 82.7 Å². The molecule has 0 aliphatic heterocycles. The van der Waals surface area contributed by atoms with Crippen LogP contribution < -0.4 is 10.6 Å². The highest BCUT2D eigenvalue weighted by molar-refractivity contribution is 7.18. The van der Waals surface area contributed by atoms with Crippen molar-refractivity contribution in [3.63, 3.8) is 0 Å². The minimum atomic E-state index is -0.105. The number of amides is 1. The molecule has 0 aliphatic rings. The molecular formula is C13H24N4O2S. The molecule has 0 radical (unpaired) electrons. The fraction of sp³-hybridized carbons (Fsp3) is 0.692. The molecule has 1 rings (SSSR count). The van der Waals surface area contributed by atoms with Gasteiger partial charge in [-0.1, -0.05) is 18.3 Å². The molecule has 0 aliphatic carbocycles. The van der Waals surface area contributed by atoms with Crippen LogP contribution in [-0.2, 0) is 0 Å². The van der Waals surface area contributed by atoms with Gasteiger partial charge in [0.2, 0.25) is 0 Å². The maximum absolute atomic E-state index is 12.4. The second kappa shape index (κ2) is 8.06. The van der Waals surface area contributed by atoms with E-state index in [9.17, 15) is 4.79 Å². The van der Waals surface area contributed by atoms with E-state index in [0.29, 0.717) is 30.2 Å². The fourth-order valence-corrected chi connectivity index (χ4v) is 2.82. The molecule has 3 N–H and O–H groups in total. The van der Waals surface area contributed by atoms with Crippen molar-refractivity contribution in [2.45, 2.75) is 26.7 Å². The molecule has 114 valence electrons. The van der Waals surface area contributed by atoms with Crippen molar-refractivity contribution in [2.24, 2.45) is 0 Å². The molecule has 0 atom stereocenters. The van der Waals surface area contributed by atoms with Gasteiger partial charge in [-0.15, -0.1) is 0 Å². The third-order valence-electron chi connectivity index (χ3n) is 2.98. The molecule has 0 spiro atoms. The Morgan fingerprint density at radius 1 is 1.40 bits per heavy atom. The number of anilines is 2. The Labute approximate surface area is 124 Å². The Kier molecular flexibility index (Phi) is 6.74. The standard InChI is InChI=1S/C13H24N4O2S/c1-4-7-16(3)13-15-11(14)10(20-13)12(19)17(5-2)8-6-9-18/h18H,4-9,14H2,1-3H3. The summed E-state index contributed by atoms with van der Waals surface area (Å²) in [6.07, 6.45) is 1.58. The number of aliphatic hydroxyl groups excluding tert-OH is 1. The number of thiazole rings is 1. The van der Waals surface area contributed by atoms with Crippen LogP contribution in [0.4, 0.5) is 10.9 Å². The lowest BCUT2D eigenvalue weighted by Crippen LogP contribution is -2.32. The number of nitrogens with two attached hydrogens (primary N) is 1. The second-order valence-corrected chi connectivity index (χ2v) is 5.57. The number of carbonyl (C=O) groups excluding carboxylic acids is 1.